The summed E-state index contributed by atoms with van der Waals surface area (Å²) in [4.78, 5) is 4.63. The molecule has 0 spiro atoms. The number of hydrogen-bond acceptors (Lipinski definition) is 4. The van der Waals surface area contributed by atoms with Gasteiger partial charge in [-0.3, -0.25) is 4.21 Å². The lowest BCUT2D eigenvalue weighted by Crippen LogP contribution is -1.97. The summed E-state index contributed by atoms with van der Waals surface area (Å²) in [6.45, 7) is 0. The van der Waals surface area contributed by atoms with Crippen LogP contribution in [0.2, 0.25) is 0 Å². The molecule has 0 aliphatic heterocycles. The lowest BCUT2D eigenvalue weighted by Gasteiger charge is -1.98. The minimum atomic E-state index is -1.36. The molecule has 1 unspecified atom stereocenters. The molecule has 0 radical (unpaired) electrons. The number of rotatable bonds is 4. The van der Waals surface area contributed by atoms with Gasteiger partial charge in [-0.15, -0.1) is 0 Å². The van der Waals surface area contributed by atoms with Crippen LogP contribution in [0.4, 0.5) is 4.39 Å². The number of aromatic nitrogens is 2. The van der Waals surface area contributed by atoms with Crippen molar-refractivity contribution in [1.29, 1.82) is 0 Å². The van der Waals surface area contributed by atoms with Gasteiger partial charge in [0.05, 0.1) is 10.8 Å². The van der Waals surface area contributed by atoms with Crippen LogP contribution in [0.3, 0.4) is 0 Å². The highest BCUT2D eigenvalue weighted by molar-refractivity contribution is 7.84. The van der Waals surface area contributed by atoms with Crippen LogP contribution >= 0.6 is 0 Å². The Morgan fingerprint density at radius 1 is 1.44 bits per heavy atom. The highest BCUT2D eigenvalue weighted by Gasteiger charge is 2.29. The van der Waals surface area contributed by atoms with Gasteiger partial charge in [0.25, 0.3) is 0 Å². The van der Waals surface area contributed by atoms with E-state index in [-0.39, 0.29) is 5.75 Å². The van der Waals surface area contributed by atoms with Crippen molar-refractivity contribution < 1.29 is 13.1 Å². The second-order valence-corrected chi connectivity index (χ2v) is 5.72. The van der Waals surface area contributed by atoms with Crippen molar-refractivity contribution in [3.8, 4) is 0 Å². The molecule has 2 aromatic rings. The molecule has 6 heteroatoms. The molecule has 1 aromatic heterocycles. The van der Waals surface area contributed by atoms with Crippen molar-refractivity contribution in [2.45, 2.75) is 29.4 Å². The van der Waals surface area contributed by atoms with Crippen molar-refractivity contribution in [3.63, 3.8) is 0 Å². The fraction of sp³-hybridized carbons (Fsp3) is 0.333. The Bertz CT molecular complexity index is 595. The van der Waals surface area contributed by atoms with Gasteiger partial charge in [0, 0.05) is 10.8 Å². The van der Waals surface area contributed by atoms with Gasteiger partial charge < -0.3 is 4.52 Å². The standard InChI is InChI=1S/C12H11FN2O2S/c13-9-2-1-3-10(6-9)18(16)7-11-14-12(15-17-11)8-4-5-8/h1-3,6,8H,4-5,7H2. The van der Waals surface area contributed by atoms with Gasteiger partial charge >= 0.3 is 0 Å². The summed E-state index contributed by atoms with van der Waals surface area (Å²) in [6, 6.07) is 5.73. The highest BCUT2D eigenvalue weighted by Crippen LogP contribution is 2.38. The lowest BCUT2D eigenvalue weighted by molar-refractivity contribution is 0.384. The zero-order chi connectivity index (χ0) is 12.5. The van der Waals surface area contributed by atoms with E-state index in [4.69, 9.17) is 4.52 Å². The zero-order valence-corrected chi connectivity index (χ0v) is 10.3. The van der Waals surface area contributed by atoms with E-state index in [1.807, 2.05) is 0 Å². The van der Waals surface area contributed by atoms with Crippen LogP contribution in [0.1, 0.15) is 30.5 Å². The van der Waals surface area contributed by atoms with Gasteiger partial charge in [-0.05, 0) is 31.0 Å². The number of hydrogen-bond donors (Lipinski definition) is 0. The third-order valence-electron chi connectivity index (χ3n) is 2.74. The normalized spacial score (nSPS) is 16.7. The molecule has 1 aliphatic carbocycles. The second-order valence-electron chi connectivity index (χ2n) is 4.27. The quantitative estimate of drug-likeness (QED) is 0.852. The monoisotopic (exact) mass is 266 g/mol. The lowest BCUT2D eigenvalue weighted by atomic mass is 10.4. The third kappa shape index (κ3) is 2.48. The van der Waals surface area contributed by atoms with Crippen LogP contribution < -0.4 is 0 Å². The molecule has 3 rings (SSSR count). The van der Waals surface area contributed by atoms with E-state index in [0.717, 1.165) is 12.8 Å². The molecular formula is C12H11FN2O2S. The average molecular weight is 266 g/mol. The smallest absolute Gasteiger partial charge is 0.239 e. The van der Waals surface area contributed by atoms with Crippen molar-refractivity contribution >= 4 is 10.8 Å². The zero-order valence-electron chi connectivity index (χ0n) is 9.51. The van der Waals surface area contributed by atoms with E-state index in [2.05, 4.69) is 10.1 Å². The molecule has 1 heterocycles. The van der Waals surface area contributed by atoms with Crippen LogP contribution in [-0.4, -0.2) is 14.3 Å². The summed E-state index contributed by atoms with van der Waals surface area (Å²) in [5, 5.41) is 3.85. The van der Waals surface area contributed by atoms with E-state index < -0.39 is 16.6 Å². The first-order valence-corrected chi connectivity index (χ1v) is 7.00. The van der Waals surface area contributed by atoms with Gasteiger partial charge in [-0.25, -0.2) is 4.39 Å². The number of halogens is 1. The molecule has 1 aromatic carbocycles. The minimum Gasteiger partial charge on any atom is -0.338 e. The first-order chi connectivity index (χ1) is 8.72. The average Bonchev–Trinajstić information content (AvgIpc) is 3.11. The minimum absolute atomic E-state index is 0.128. The summed E-state index contributed by atoms with van der Waals surface area (Å²) < 4.78 is 30.0. The van der Waals surface area contributed by atoms with Gasteiger partial charge in [-0.2, -0.15) is 4.98 Å². The SMILES string of the molecule is O=S(Cc1nc(C2CC2)no1)c1cccc(F)c1. The molecule has 1 atom stereocenters. The second kappa shape index (κ2) is 4.61. The summed E-state index contributed by atoms with van der Waals surface area (Å²) in [5.74, 6) is 1.18. The molecule has 1 saturated carbocycles. The Kier molecular flexibility index (Phi) is 2.95. The third-order valence-corrected chi connectivity index (χ3v) is 4.03. The Morgan fingerprint density at radius 3 is 3.00 bits per heavy atom. The summed E-state index contributed by atoms with van der Waals surface area (Å²) >= 11 is 0. The fourth-order valence-corrected chi connectivity index (χ4v) is 2.62. The molecule has 94 valence electrons. The maximum atomic E-state index is 13.0. The van der Waals surface area contributed by atoms with Crippen molar-refractivity contribution in [3.05, 3.63) is 41.8 Å². The maximum Gasteiger partial charge on any atom is 0.239 e. The van der Waals surface area contributed by atoms with Crippen LogP contribution in [0.5, 0.6) is 0 Å². The molecule has 1 aliphatic rings. The van der Waals surface area contributed by atoms with Crippen molar-refractivity contribution in [1.82, 2.24) is 10.1 Å². The van der Waals surface area contributed by atoms with E-state index >= 15 is 0 Å². The van der Waals surface area contributed by atoms with Gasteiger partial charge in [0.1, 0.15) is 11.6 Å². The molecule has 18 heavy (non-hydrogen) atoms. The van der Waals surface area contributed by atoms with Crippen LogP contribution in [0.25, 0.3) is 0 Å². The Morgan fingerprint density at radius 2 is 2.28 bits per heavy atom. The van der Waals surface area contributed by atoms with E-state index in [1.54, 1.807) is 6.07 Å². The summed E-state index contributed by atoms with van der Waals surface area (Å²) in [6.07, 6.45) is 2.18. The van der Waals surface area contributed by atoms with Crippen LogP contribution in [0.15, 0.2) is 33.7 Å². The van der Waals surface area contributed by atoms with Crippen LogP contribution in [0, 0.1) is 5.82 Å². The summed E-state index contributed by atoms with van der Waals surface area (Å²) in [7, 11) is -1.36. The van der Waals surface area contributed by atoms with E-state index in [1.165, 1.54) is 18.2 Å². The molecular weight excluding hydrogens is 255 g/mol. The van der Waals surface area contributed by atoms with Crippen molar-refractivity contribution in [2.75, 3.05) is 0 Å². The molecule has 0 amide bonds. The Balaban J connectivity index is 1.73. The molecule has 0 saturated heterocycles. The predicted molar refractivity (Wildman–Crippen MR) is 62.8 cm³/mol. The molecule has 0 bridgehead atoms. The molecule has 0 N–H and O–H groups in total. The van der Waals surface area contributed by atoms with Gasteiger partial charge in [-0.1, -0.05) is 11.2 Å². The largest absolute Gasteiger partial charge is 0.338 e. The fourth-order valence-electron chi connectivity index (χ4n) is 1.64. The Labute approximate surface area is 106 Å². The van der Waals surface area contributed by atoms with Crippen LogP contribution in [-0.2, 0) is 16.6 Å². The highest BCUT2D eigenvalue weighted by atomic mass is 32.2. The van der Waals surface area contributed by atoms with E-state index in [0.29, 0.717) is 22.5 Å². The first kappa shape index (κ1) is 11.5. The molecule has 1 fully saturated rings. The van der Waals surface area contributed by atoms with Crippen molar-refractivity contribution in [2.24, 2.45) is 0 Å². The maximum absolute atomic E-state index is 13.0. The van der Waals surface area contributed by atoms with Gasteiger partial charge in [0.2, 0.25) is 5.89 Å². The number of nitrogens with zero attached hydrogens (tertiary/aromatic N) is 2. The topological polar surface area (TPSA) is 56.0 Å². The Hall–Kier alpha value is -1.56. The van der Waals surface area contributed by atoms with E-state index in [9.17, 15) is 8.60 Å². The molecule has 4 nitrogen and oxygen atoms in total. The number of benzene rings is 1. The van der Waals surface area contributed by atoms with Gasteiger partial charge in [0.15, 0.2) is 5.82 Å². The predicted octanol–water partition coefficient (Wildman–Crippen LogP) is 2.39. The first-order valence-electron chi connectivity index (χ1n) is 5.69. The summed E-state index contributed by atoms with van der Waals surface area (Å²) in [5.41, 5.74) is 0.